The van der Waals surface area contributed by atoms with Crippen LogP contribution in [0.1, 0.15) is 40.5 Å². The van der Waals surface area contributed by atoms with Gasteiger partial charge in [-0.05, 0) is 47.1 Å². The minimum absolute atomic E-state index is 0.0258. The molecule has 2 fully saturated rings. The summed E-state index contributed by atoms with van der Waals surface area (Å²) < 4.78 is 10.9. The number of ether oxygens (including phenoxy) is 2. The van der Waals surface area contributed by atoms with Crippen LogP contribution in [0.4, 0.5) is 0 Å². The van der Waals surface area contributed by atoms with E-state index in [9.17, 15) is 19.8 Å². The Kier molecular flexibility index (Phi) is 6.24. The fourth-order valence-electron chi connectivity index (χ4n) is 3.37. The summed E-state index contributed by atoms with van der Waals surface area (Å²) in [6, 6.07) is 0.0258. The zero-order chi connectivity index (χ0) is 18.8. The van der Waals surface area contributed by atoms with E-state index < -0.39 is 17.7 Å². The molecular weight excluding hydrogens is 326 g/mol. The fraction of sp³-hybridized carbons (Fsp3) is 0.778. The lowest BCUT2D eigenvalue weighted by Gasteiger charge is -2.28. The van der Waals surface area contributed by atoms with Crippen molar-refractivity contribution in [3.05, 3.63) is 11.6 Å². The predicted molar refractivity (Wildman–Crippen MR) is 90.7 cm³/mol. The lowest BCUT2D eigenvalue weighted by atomic mass is 9.96. The highest BCUT2D eigenvalue weighted by Gasteiger charge is 2.47. The van der Waals surface area contributed by atoms with E-state index in [-0.39, 0.29) is 30.6 Å². The van der Waals surface area contributed by atoms with Gasteiger partial charge in [0.2, 0.25) is 0 Å². The highest BCUT2D eigenvalue weighted by Crippen LogP contribution is 2.35. The molecule has 0 aliphatic carbocycles. The first-order chi connectivity index (χ1) is 11.7. The Hall–Kier alpha value is -1.44. The first kappa shape index (κ1) is 19.9. The fourth-order valence-corrected chi connectivity index (χ4v) is 3.37. The molecular formula is C18H29NO6. The van der Waals surface area contributed by atoms with Gasteiger partial charge in [-0.1, -0.05) is 6.08 Å². The van der Waals surface area contributed by atoms with Crippen LogP contribution >= 0.6 is 0 Å². The number of hydrogen-bond donors (Lipinski definition) is 2. The van der Waals surface area contributed by atoms with Crippen LogP contribution in [-0.2, 0) is 19.1 Å². The molecule has 25 heavy (non-hydrogen) atoms. The lowest BCUT2D eigenvalue weighted by molar-refractivity contribution is -0.176. The molecule has 7 heteroatoms. The third-order valence-electron chi connectivity index (χ3n) is 5.44. The monoisotopic (exact) mass is 355 g/mol. The van der Waals surface area contributed by atoms with Gasteiger partial charge in [-0.15, -0.1) is 0 Å². The maximum absolute atomic E-state index is 12.0. The van der Waals surface area contributed by atoms with E-state index in [4.69, 9.17) is 9.47 Å². The summed E-state index contributed by atoms with van der Waals surface area (Å²) in [5.74, 6) is -1.11. The molecule has 0 radical (unpaired) electrons. The van der Waals surface area contributed by atoms with E-state index in [0.29, 0.717) is 5.57 Å². The largest absolute Gasteiger partial charge is 0.463 e. The molecule has 0 aromatic rings. The number of allylic oxidation sites excluding steroid dienone is 1. The molecule has 0 aromatic carbocycles. The maximum Gasteiger partial charge on any atom is 0.340 e. The minimum Gasteiger partial charge on any atom is -0.463 e. The topological polar surface area (TPSA) is 96.3 Å². The van der Waals surface area contributed by atoms with Crippen molar-refractivity contribution in [1.29, 1.82) is 0 Å². The first-order valence-electron chi connectivity index (χ1n) is 8.84. The zero-order valence-electron chi connectivity index (χ0n) is 15.4. The number of rotatable bonds is 6. The van der Waals surface area contributed by atoms with Gasteiger partial charge in [0.1, 0.15) is 6.10 Å². The average molecular weight is 355 g/mol. The van der Waals surface area contributed by atoms with Gasteiger partial charge in [0.25, 0.3) is 0 Å². The van der Waals surface area contributed by atoms with Gasteiger partial charge in [0, 0.05) is 18.0 Å². The van der Waals surface area contributed by atoms with Crippen molar-refractivity contribution in [2.45, 2.75) is 64.4 Å². The summed E-state index contributed by atoms with van der Waals surface area (Å²) in [5, 5.41) is 19.5. The molecule has 2 N–H and O–H groups in total. The van der Waals surface area contributed by atoms with Gasteiger partial charge in [-0.2, -0.15) is 0 Å². The Morgan fingerprint density at radius 1 is 1.36 bits per heavy atom. The van der Waals surface area contributed by atoms with Crippen molar-refractivity contribution in [1.82, 2.24) is 4.90 Å². The second-order valence-corrected chi connectivity index (χ2v) is 7.20. The van der Waals surface area contributed by atoms with Gasteiger partial charge in [-0.3, -0.25) is 4.90 Å². The molecule has 2 rings (SSSR count). The van der Waals surface area contributed by atoms with Crippen LogP contribution < -0.4 is 0 Å². The summed E-state index contributed by atoms with van der Waals surface area (Å²) in [6.45, 7) is 7.96. The van der Waals surface area contributed by atoms with E-state index >= 15 is 0 Å². The SMILES string of the molecule is C/C=C(\C)C(=O)O[C@@H]1CCN2CC[C@H](COC(=O)C(C)(O)C(C)O)C12. The van der Waals surface area contributed by atoms with Crippen molar-refractivity contribution in [3.8, 4) is 0 Å². The predicted octanol–water partition coefficient (Wildman–Crippen LogP) is 0.634. The standard InChI is InChI=1S/C18H29NO6/c1-5-11(2)16(21)25-14-7-9-19-8-6-13(15(14)19)10-24-17(22)18(4,23)12(3)20/h5,12-15,20,23H,6-10H2,1-4H3/b11-5+/t12?,13-,14-,15?,18?/m1/s1. The number of hydrogen-bond acceptors (Lipinski definition) is 7. The molecule has 2 saturated heterocycles. The van der Waals surface area contributed by atoms with Crippen LogP contribution in [0.3, 0.4) is 0 Å². The number of carbonyl (C=O) groups excluding carboxylic acids is 2. The Balaban J connectivity index is 1.96. The molecule has 3 unspecified atom stereocenters. The maximum atomic E-state index is 12.0. The average Bonchev–Trinajstić information content (AvgIpc) is 3.14. The smallest absolute Gasteiger partial charge is 0.340 e. The molecule has 2 aliphatic heterocycles. The summed E-state index contributed by atoms with van der Waals surface area (Å²) in [4.78, 5) is 26.3. The molecule has 0 spiro atoms. The molecule has 0 bridgehead atoms. The van der Waals surface area contributed by atoms with Gasteiger partial charge in [-0.25, -0.2) is 9.59 Å². The minimum atomic E-state index is -1.93. The quantitative estimate of drug-likeness (QED) is 0.533. The van der Waals surface area contributed by atoms with Crippen molar-refractivity contribution in [2.75, 3.05) is 19.7 Å². The van der Waals surface area contributed by atoms with Crippen molar-refractivity contribution in [3.63, 3.8) is 0 Å². The number of fused-ring (bicyclic) bond motifs is 1. The van der Waals surface area contributed by atoms with Crippen LogP contribution in [0.5, 0.6) is 0 Å². The van der Waals surface area contributed by atoms with E-state index in [0.717, 1.165) is 25.9 Å². The van der Waals surface area contributed by atoms with Crippen LogP contribution in [-0.4, -0.2) is 70.6 Å². The van der Waals surface area contributed by atoms with Crippen LogP contribution in [0, 0.1) is 5.92 Å². The van der Waals surface area contributed by atoms with Crippen molar-refractivity contribution in [2.24, 2.45) is 5.92 Å². The molecule has 7 nitrogen and oxygen atoms in total. The van der Waals surface area contributed by atoms with Crippen molar-refractivity contribution < 1.29 is 29.3 Å². The third kappa shape index (κ3) is 4.22. The highest BCUT2D eigenvalue weighted by molar-refractivity contribution is 5.87. The van der Waals surface area contributed by atoms with E-state index in [2.05, 4.69) is 4.90 Å². The van der Waals surface area contributed by atoms with Gasteiger partial charge in [0.15, 0.2) is 5.60 Å². The Bertz CT molecular complexity index is 542. The van der Waals surface area contributed by atoms with E-state index in [1.165, 1.54) is 13.8 Å². The summed E-state index contributed by atoms with van der Waals surface area (Å²) in [7, 11) is 0. The number of aliphatic hydroxyl groups excluding tert-OH is 1. The van der Waals surface area contributed by atoms with Crippen LogP contribution in [0.2, 0.25) is 0 Å². The third-order valence-corrected chi connectivity index (χ3v) is 5.44. The van der Waals surface area contributed by atoms with E-state index in [1.807, 2.05) is 0 Å². The first-order valence-corrected chi connectivity index (χ1v) is 8.84. The number of aliphatic hydroxyl groups is 2. The molecule has 2 aliphatic rings. The summed E-state index contributed by atoms with van der Waals surface area (Å²) in [5.41, 5.74) is -1.35. The number of esters is 2. The zero-order valence-corrected chi connectivity index (χ0v) is 15.4. The van der Waals surface area contributed by atoms with Crippen molar-refractivity contribution >= 4 is 11.9 Å². The van der Waals surface area contributed by atoms with Gasteiger partial charge in [0.05, 0.1) is 18.8 Å². The normalized spacial score (nSPS) is 30.5. The highest BCUT2D eigenvalue weighted by atomic mass is 16.6. The number of nitrogens with zero attached hydrogens (tertiary/aromatic N) is 1. The molecule has 0 aromatic heterocycles. The van der Waals surface area contributed by atoms with Crippen LogP contribution in [0.15, 0.2) is 11.6 Å². The molecule has 5 atom stereocenters. The number of carbonyl (C=O) groups is 2. The van der Waals surface area contributed by atoms with Gasteiger partial charge < -0.3 is 19.7 Å². The van der Waals surface area contributed by atoms with Crippen LogP contribution in [0.25, 0.3) is 0 Å². The molecule has 0 amide bonds. The molecule has 0 saturated carbocycles. The molecule has 142 valence electrons. The van der Waals surface area contributed by atoms with E-state index in [1.54, 1.807) is 19.9 Å². The Morgan fingerprint density at radius 3 is 2.60 bits per heavy atom. The summed E-state index contributed by atoms with van der Waals surface area (Å²) >= 11 is 0. The Morgan fingerprint density at radius 2 is 2.00 bits per heavy atom. The second-order valence-electron chi connectivity index (χ2n) is 7.20. The van der Waals surface area contributed by atoms with Gasteiger partial charge >= 0.3 is 11.9 Å². The lowest BCUT2D eigenvalue weighted by Crippen LogP contribution is -2.47. The summed E-state index contributed by atoms with van der Waals surface area (Å²) in [6.07, 6.45) is 1.89. The second kappa shape index (κ2) is 7.85. The Labute approximate surface area is 148 Å². The molecule has 2 heterocycles.